The monoisotopic (exact) mass is 391 g/mol. The molecule has 0 radical (unpaired) electrons. The van der Waals surface area contributed by atoms with Crippen molar-refractivity contribution in [3.63, 3.8) is 0 Å². The Kier molecular flexibility index (Phi) is 5.25. The van der Waals surface area contributed by atoms with Gasteiger partial charge in [0.15, 0.2) is 0 Å². The van der Waals surface area contributed by atoms with Gasteiger partial charge in [0.2, 0.25) is 0 Å². The van der Waals surface area contributed by atoms with E-state index in [1.54, 1.807) is 30.3 Å². The van der Waals surface area contributed by atoms with Crippen molar-refractivity contribution in [2.75, 3.05) is 0 Å². The Hall–Kier alpha value is -2.83. The largest absolute Gasteiger partial charge is 0.457 e. The third-order valence-electron chi connectivity index (χ3n) is 3.54. The average Bonchev–Trinajstić information content (AvgIpc) is 3.10. The van der Waals surface area contributed by atoms with Gasteiger partial charge in [0.1, 0.15) is 23.7 Å². The van der Waals surface area contributed by atoms with E-state index in [1.165, 1.54) is 24.3 Å². The van der Waals surface area contributed by atoms with Crippen LogP contribution in [-0.2, 0) is 11.3 Å². The second-order valence-electron chi connectivity index (χ2n) is 5.22. The van der Waals surface area contributed by atoms with Gasteiger partial charge in [-0.3, -0.25) is 10.1 Å². The van der Waals surface area contributed by atoms with Gasteiger partial charge in [-0.25, -0.2) is 4.79 Å². The van der Waals surface area contributed by atoms with Crippen LogP contribution in [0.3, 0.4) is 0 Å². The van der Waals surface area contributed by atoms with Gasteiger partial charge in [0.05, 0.1) is 15.0 Å². The highest BCUT2D eigenvalue weighted by Crippen LogP contribution is 2.34. The fraction of sp³-hybridized carbons (Fsp3) is 0.0556. The Morgan fingerprint density at radius 3 is 2.62 bits per heavy atom. The lowest BCUT2D eigenvalue weighted by molar-refractivity contribution is -0.385. The summed E-state index contributed by atoms with van der Waals surface area (Å²) in [6, 6.07) is 14.0. The summed E-state index contributed by atoms with van der Waals surface area (Å²) < 4.78 is 10.7. The maximum Gasteiger partial charge on any atom is 0.345 e. The van der Waals surface area contributed by atoms with E-state index in [4.69, 9.17) is 32.4 Å². The topological polar surface area (TPSA) is 82.6 Å². The van der Waals surface area contributed by atoms with Crippen LogP contribution >= 0.6 is 23.2 Å². The van der Waals surface area contributed by atoms with Crippen molar-refractivity contribution in [2.24, 2.45) is 0 Å². The number of hydrogen-bond donors (Lipinski definition) is 0. The molecule has 3 rings (SSSR count). The zero-order valence-electron chi connectivity index (χ0n) is 13.1. The van der Waals surface area contributed by atoms with E-state index in [0.717, 1.165) is 0 Å². The maximum absolute atomic E-state index is 12.1. The van der Waals surface area contributed by atoms with Gasteiger partial charge >= 0.3 is 5.97 Å². The van der Waals surface area contributed by atoms with Crippen molar-refractivity contribution in [1.82, 2.24) is 0 Å². The minimum atomic E-state index is -0.809. The van der Waals surface area contributed by atoms with Crippen LogP contribution in [0.1, 0.15) is 16.1 Å². The number of rotatable bonds is 5. The highest BCUT2D eigenvalue weighted by molar-refractivity contribution is 6.43. The molecule has 0 saturated carbocycles. The van der Waals surface area contributed by atoms with Gasteiger partial charge in [-0.15, -0.1) is 0 Å². The summed E-state index contributed by atoms with van der Waals surface area (Å²) in [5.41, 5.74) is 0.168. The molecular formula is C18H11Cl2NO5. The second kappa shape index (κ2) is 7.59. The van der Waals surface area contributed by atoms with Crippen molar-refractivity contribution in [3.05, 3.63) is 86.1 Å². The zero-order valence-corrected chi connectivity index (χ0v) is 14.7. The lowest BCUT2D eigenvalue weighted by Crippen LogP contribution is -2.07. The van der Waals surface area contributed by atoms with Crippen molar-refractivity contribution in [3.8, 4) is 11.3 Å². The molecular weight excluding hydrogens is 381 g/mol. The van der Waals surface area contributed by atoms with Crippen molar-refractivity contribution < 1.29 is 18.9 Å². The Morgan fingerprint density at radius 1 is 1.08 bits per heavy atom. The number of carbonyl (C=O) groups excluding carboxylic acids is 1. The van der Waals surface area contributed by atoms with Crippen LogP contribution in [0.2, 0.25) is 10.0 Å². The van der Waals surface area contributed by atoms with E-state index < -0.39 is 10.9 Å². The van der Waals surface area contributed by atoms with Crippen molar-refractivity contribution >= 4 is 34.9 Å². The van der Waals surface area contributed by atoms with Gasteiger partial charge in [-0.2, -0.15) is 0 Å². The first-order chi connectivity index (χ1) is 12.5. The van der Waals surface area contributed by atoms with E-state index in [0.29, 0.717) is 27.1 Å². The molecule has 0 aliphatic carbocycles. The minimum absolute atomic E-state index is 0.123. The third kappa shape index (κ3) is 3.71. The van der Waals surface area contributed by atoms with Crippen LogP contribution in [0.25, 0.3) is 11.3 Å². The number of halogens is 2. The molecule has 0 bridgehead atoms. The van der Waals surface area contributed by atoms with Crippen LogP contribution in [0.4, 0.5) is 5.69 Å². The summed E-state index contributed by atoms with van der Waals surface area (Å²) in [6.45, 7) is -0.178. The van der Waals surface area contributed by atoms with Crippen molar-refractivity contribution in [2.45, 2.75) is 6.61 Å². The summed E-state index contributed by atoms with van der Waals surface area (Å²) in [5, 5.41) is 11.7. The molecule has 0 spiro atoms. The number of benzene rings is 2. The molecule has 0 amide bonds. The highest BCUT2D eigenvalue weighted by atomic mass is 35.5. The van der Waals surface area contributed by atoms with Gasteiger partial charge in [0.25, 0.3) is 5.69 Å². The Balaban J connectivity index is 1.74. The maximum atomic E-state index is 12.1. The molecule has 0 saturated heterocycles. The third-order valence-corrected chi connectivity index (χ3v) is 4.36. The van der Waals surface area contributed by atoms with Crippen LogP contribution in [0.5, 0.6) is 0 Å². The van der Waals surface area contributed by atoms with Gasteiger partial charge < -0.3 is 9.15 Å². The average molecular weight is 392 g/mol. The van der Waals surface area contributed by atoms with Gasteiger partial charge in [-0.1, -0.05) is 41.4 Å². The van der Waals surface area contributed by atoms with Crippen LogP contribution in [0.15, 0.2) is 59.0 Å². The number of para-hydroxylation sites is 1. The number of esters is 1. The minimum Gasteiger partial charge on any atom is -0.457 e. The molecule has 3 aromatic rings. The van der Waals surface area contributed by atoms with Gasteiger partial charge in [0, 0.05) is 11.6 Å². The molecule has 0 aliphatic rings. The highest BCUT2D eigenvalue weighted by Gasteiger charge is 2.21. The second-order valence-corrected chi connectivity index (χ2v) is 6.00. The molecule has 132 valence electrons. The van der Waals surface area contributed by atoms with Crippen LogP contribution in [-0.4, -0.2) is 10.9 Å². The number of ether oxygens (including phenoxy) is 1. The number of nitro groups is 1. The predicted molar refractivity (Wildman–Crippen MR) is 96.4 cm³/mol. The van der Waals surface area contributed by atoms with Crippen LogP contribution in [0, 0.1) is 10.1 Å². The fourth-order valence-corrected chi connectivity index (χ4v) is 2.71. The molecule has 6 nitrogen and oxygen atoms in total. The Bertz CT molecular complexity index is 983. The van der Waals surface area contributed by atoms with Crippen molar-refractivity contribution in [1.29, 1.82) is 0 Å². The predicted octanol–water partition coefficient (Wildman–Crippen LogP) is 5.52. The summed E-state index contributed by atoms with van der Waals surface area (Å²) in [6.07, 6.45) is 0. The smallest absolute Gasteiger partial charge is 0.345 e. The molecule has 1 heterocycles. The first-order valence-electron chi connectivity index (χ1n) is 7.41. The quantitative estimate of drug-likeness (QED) is 0.324. The van der Waals surface area contributed by atoms with E-state index in [9.17, 15) is 14.9 Å². The molecule has 0 unspecified atom stereocenters. The SMILES string of the molecule is O=C(OCc1ccc(-c2cccc(Cl)c2Cl)o1)c1ccccc1[N+](=O)[O-]. The fourth-order valence-electron chi connectivity index (χ4n) is 2.31. The molecule has 0 atom stereocenters. The number of nitro benzene ring substituents is 1. The summed E-state index contributed by atoms with van der Waals surface area (Å²) >= 11 is 12.1. The lowest BCUT2D eigenvalue weighted by Gasteiger charge is -2.04. The molecule has 0 fully saturated rings. The van der Waals surface area contributed by atoms with Crippen LogP contribution < -0.4 is 0 Å². The van der Waals surface area contributed by atoms with E-state index in [-0.39, 0.29) is 17.9 Å². The summed E-state index contributed by atoms with van der Waals surface area (Å²) in [7, 11) is 0. The molecule has 2 aromatic carbocycles. The number of nitrogens with zero attached hydrogens (tertiary/aromatic N) is 1. The number of hydrogen-bond acceptors (Lipinski definition) is 5. The first-order valence-corrected chi connectivity index (χ1v) is 8.16. The van der Waals surface area contributed by atoms with E-state index in [1.807, 2.05) is 0 Å². The molecule has 8 heteroatoms. The van der Waals surface area contributed by atoms with E-state index in [2.05, 4.69) is 0 Å². The number of furan rings is 1. The Morgan fingerprint density at radius 2 is 1.85 bits per heavy atom. The number of carbonyl (C=O) groups is 1. The molecule has 0 aliphatic heterocycles. The summed E-state index contributed by atoms with van der Waals surface area (Å²) in [5.74, 6) is 0.0215. The first kappa shape index (κ1) is 18.0. The lowest BCUT2D eigenvalue weighted by atomic mass is 10.2. The molecule has 1 aromatic heterocycles. The standard InChI is InChI=1S/C18H11Cl2NO5/c19-14-6-3-5-13(17(14)20)16-9-8-11(26-16)10-25-18(22)12-4-1-2-7-15(12)21(23)24/h1-9H,10H2. The normalized spacial score (nSPS) is 10.5. The zero-order chi connectivity index (χ0) is 18.7. The van der Waals surface area contributed by atoms with Gasteiger partial charge in [-0.05, 0) is 30.3 Å². The Labute approximate surface area is 158 Å². The van der Waals surface area contributed by atoms with E-state index >= 15 is 0 Å². The molecule has 0 N–H and O–H groups in total. The molecule has 26 heavy (non-hydrogen) atoms. The summed E-state index contributed by atoms with van der Waals surface area (Å²) in [4.78, 5) is 22.5.